The van der Waals surface area contributed by atoms with Crippen LogP contribution >= 0.6 is 0 Å². The van der Waals surface area contributed by atoms with Gasteiger partial charge in [0.25, 0.3) is 0 Å². The molecule has 18 heavy (non-hydrogen) atoms. The van der Waals surface area contributed by atoms with Crippen molar-refractivity contribution >= 4 is 5.91 Å². The maximum Gasteiger partial charge on any atom is 0.222 e. The summed E-state index contributed by atoms with van der Waals surface area (Å²) in [5.41, 5.74) is 1.10. The molecule has 1 amide bonds. The summed E-state index contributed by atoms with van der Waals surface area (Å²) in [6.45, 7) is 3.26. The lowest BCUT2D eigenvalue weighted by atomic mass is 10.2. The quantitative estimate of drug-likeness (QED) is 0.766. The Hall–Kier alpha value is -1.86. The van der Waals surface area contributed by atoms with Gasteiger partial charge in [0, 0.05) is 13.1 Å². The van der Waals surface area contributed by atoms with Crippen LogP contribution in [0.1, 0.15) is 25.3 Å². The first-order valence-corrected chi connectivity index (χ1v) is 6.20. The number of nitrogens with zero attached hydrogens (tertiary/aromatic N) is 1. The van der Waals surface area contributed by atoms with Crippen molar-refractivity contribution in [2.75, 3.05) is 6.54 Å². The summed E-state index contributed by atoms with van der Waals surface area (Å²) in [6, 6.07) is 11.5. The van der Waals surface area contributed by atoms with E-state index in [0.717, 1.165) is 12.0 Å². The first-order chi connectivity index (χ1) is 8.76. The van der Waals surface area contributed by atoms with Gasteiger partial charge in [-0.3, -0.25) is 10.1 Å². The van der Waals surface area contributed by atoms with Crippen molar-refractivity contribution < 1.29 is 4.79 Å². The normalized spacial score (nSPS) is 11.6. The topological polar surface area (TPSA) is 64.9 Å². The van der Waals surface area contributed by atoms with Gasteiger partial charge in [0.2, 0.25) is 5.91 Å². The molecule has 1 aromatic rings. The Labute approximate surface area is 108 Å². The number of carbonyl (C=O) groups excluding carboxylic acids is 1. The van der Waals surface area contributed by atoms with E-state index < -0.39 is 6.04 Å². The predicted molar refractivity (Wildman–Crippen MR) is 70.6 cm³/mol. The number of benzene rings is 1. The highest BCUT2D eigenvalue weighted by Crippen LogP contribution is 1.99. The Bertz CT molecular complexity index is 397. The fraction of sp³-hybridized carbons (Fsp3) is 0.429. The van der Waals surface area contributed by atoms with E-state index >= 15 is 0 Å². The highest BCUT2D eigenvalue weighted by atomic mass is 16.1. The molecule has 96 valence electrons. The number of nitrogens with one attached hydrogen (secondary N) is 2. The van der Waals surface area contributed by atoms with E-state index in [0.29, 0.717) is 13.1 Å². The van der Waals surface area contributed by atoms with Crippen LogP contribution in [0.4, 0.5) is 0 Å². The van der Waals surface area contributed by atoms with Gasteiger partial charge in [-0.25, -0.2) is 0 Å². The molecule has 0 aromatic heterocycles. The maximum atomic E-state index is 11.5. The summed E-state index contributed by atoms with van der Waals surface area (Å²) in [7, 11) is 0. The molecule has 1 rings (SSSR count). The maximum absolute atomic E-state index is 11.5. The van der Waals surface area contributed by atoms with E-state index in [2.05, 4.69) is 16.7 Å². The average molecular weight is 245 g/mol. The fourth-order valence-corrected chi connectivity index (χ4v) is 1.52. The average Bonchev–Trinajstić information content (AvgIpc) is 2.42. The van der Waals surface area contributed by atoms with Crippen molar-refractivity contribution in [1.29, 1.82) is 5.26 Å². The van der Waals surface area contributed by atoms with Gasteiger partial charge in [-0.2, -0.15) is 5.26 Å². The summed E-state index contributed by atoms with van der Waals surface area (Å²) < 4.78 is 0. The lowest BCUT2D eigenvalue weighted by Gasteiger charge is -2.11. The van der Waals surface area contributed by atoms with Gasteiger partial charge in [-0.15, -0.1) is 0 Å². The zero-order valence-electron chi connectivity index (χ0n) is 10.6. The largest absolute Gasteiger partial charge is 0.356 e. The number of hydrogen-bond acceptors (Lipinski definition) is 3. The van der Waals surface area contributed by atoms with Gasteiger partial charge in [-0.1, -0.05) is 37.3 Å². The van der Waals surface area contributed by atoms with E-state index in [1.807, 2.05) is 37.3 Å². The summed E-state index contributed by atoms with van der Waals surface area (Å²) in [5.74, 6) is -0.0797. The van der Waals surface area contributed by atoms with Crippen molar-refractivity contribution in [2.24, 2.45) is 0 Å². The monoisotopic (exact) mass is 245 g/mol. The minimum absolute atomic E-state index is 0.0797. The van der Waals surface area contributed by atoms with Gasteiger partial charge in [0.1, 0.15) is 6.04 Å². The summed E-state index contributed by atoms with van der Waals surface area (Å²) in [5, 5.41) is 14.8. The molecule has 1 unspecified atom stereocenters. The van der Waals surface area contributed by atoms with Crippen LogP contribution in [-0.2, 0) is 11.3 Å². The highest BCUT2D eigenvalue weighted by molar-refractivity contribution is 5.76. The van der Waals surface area contributed by atoms with Gasteiger partial charge < -0.3 is 5.32 Å². The Morgan fingerprint density at radius 2 is 2.11 bits per heavy atom. The molecule has 1 atom stereocenters. The zero-order chi connectivity index (χ0) is 13.2. The van der Waals surface area contributed by atoms with Crippen molar-refractivity contribution in [1.82, 2.24) is 10.6 Å². The molecule has 0 fully saturated rings. The Morgan fingerprint density at radius 1 is 1.39 bits per heavy atom. The third kappa shape index (κ3) is 5.46. The third-order valence-corrected chi connectivity index (χ3v) is 2.51. The molecule has 0 aliphatic heterocycles. The van der Waals surface area contributed by atoms with Crippen molar-refractivity contribution in [3.05, 3.63) is 35.9 Å². The standard InChI is InChI=1S/C14H19N3O/c1-2-8-16-14(18)9-13(10-15)17-11-12-6-4-3-5-7-12/h3-7,13,17H,2,8-9,11H2,1H3,(H,16,18). The number of amides is 1. The van der Waals surface area contributed by atoms with Crippen molar-refractivity contribution in [3.8, 4) is 6.07 Å². The Kier molecular flexibility index (Phi) is 6.52. The molecular formula is C14H19N3O. The minimum Gasteiger partial charge on any atom is -0.356 e. The molecule has 0 heterocycles. The smallest absolute Gasteiger partial charge is 0.222 e. The van der Waals surface area contributed by atoms with Crippen LogP contribution in [-0.4, -0.2) is 18.5 Å². The van der Waals surface area contributed by atoms with Crippen LogP contribution in [0, 0.1) is 11.3 Å². The molecule has 0 spiro atoms. The van der Waals surface area contributed by atoms with E-state index in [4.69, 9.17) is 5.26 Å². The molecular weight excluding hydrogens is 226 g/mol. The number of carbonyl (C=O) groups is 1. The minimum atomic E-state index is -0.443. The number of rotatable bonds is 7. The van der Waals surface area contributed by atoms with Gasteiger partial charge in [-0.05, 0) is 12.0 Å². The van der Waals surface area contributed by atoms with Crippen molar-refractivity contribution in [2.45, 2.75) is 32.4 Å². The highest BCUT2D eigenvalue weighted by Gasteiger charge is 2.11. The first-order valence-electron chi connectivity index (χ1n) is 6.20. The number of hydrogen-bond donors (Lipinski definition) is 2. The summed E-state index contributed by atoms with van der Waals surface area (Å²) in [6.07, 6.45) is 1.10. The molecule has 0 radical (unpaired) electrons. The zero-order valence-corrected chi connectivity index (χ0v) is 10.6. The fourth-order valence-electron chi connectivity index (χ4n) is 1.52. The second kappa shape index (κ2) is 8.26. The predicted octanol–water partition coefficient (Wildman–Crippen LogP) is 1.58. The van der Waals surface area contributed by atoms with E-state index in [1.165, 1.54) is 0 Å². The number of nitriles is 1. The lowest BCUT2D eigenvalue weighted by Crippen LogP contribution is -2.34. The van der Waals surface area contributed by atoms with Crippen LogP contribution in [0.5, 0.6) is 0 Å². The molecule has 4 heteroatoms. The molecule has 0 aliphatic rings. The molecule has 4 nitrogen and oxygen atoms in total. The molecule has 0 bridgehead atoms. The van der Waals surface area contributed by atoms with Gasteiger partial charge in [0.05, 0.1) is 12.5 Å². The summed E-state index contributed by atoms with van der Waals surface area (Å²) in [4.78, 5) is 11.5. The van der Waals surface area contributed by atoms with E-state index in [9.17, 15) is 4.79 Å². The summed E-state index contributed by atoms with van der Waals surface area (Å²) >= 11 is 0. The first kappa shape index (κ1) is 14.2. The lowest BCUT2D eigenvalue weighted by molar-refractivity contribution is -0.121. The van der Waals surface area contributed by atoms with Crippen LogP contribution < -0.4 is 10.6 Å². The van der Waals surface area contributed by atoms with Crippen LogP contribution in [0.25, 0.3) is 0 Å². The van der Waals surface area contributed by atoms with E-state index in [1.54, 1.807) is 0 Å². The SMILES string of the molecule is CCCNC(=O)CC(C#N)NCc1ccccc1. The molecule has 0 saturated heterocycles. The molecule has 0 aliphatic carbocycles. The van der Waals surface area contributed by atoms with Crippen LogP contribution in [0.2, 0.25) is 0 Å². The second-order valence-electron chi connectivity index (χ2n) is 4.10. The third-order valence-electron chi connectivity index (χ3n) is 2.51. The Morgan fingerprint density at radius 3 is 2.72 bits per heavy atom. The molecule has 1 aromatic carbocycles. The van der Waals surface area contributed by atoms with Crippen molar-refractivity contribution in [3.63, 3.8) is 0 Å². The van der Waals surface area contributed by atoms with Gasteiger partial charge >= 0.3 is 0 Å². The second-order valence-corrected chi connectivity index (χ2v) is 4.10. The molecule has 0 saturated carbocycles. The van der Waals surface area contributed by atoms with E-state index in [-0.39, 0.29) is 12.3 Å². The van der Waals surface area contributed by atoms with Gasteiger partial charge in [0.15, 0.2) is 0 Å². The van der Waals surface area contributed by atoms with Crippen LogP contribution in [0.3, 0.4) is 0 Å². The van der Waals surface area contributed by atoms with Crippen LogP contribution in [0.15, 0.2) is 30.3 Å². The molecule has 2 N–H and O–H groups in total. The Balaban J connectivity index is 2.34.